The number of carbonyl (C=O) groups is 2. The molecule has 0 amide bonds. The summed E-state index contributed by atoms with van der Waals surface area (Å²) in [7, 11) is 0. The van der Waals surface area contributed by atoms with Gasteiger partial charge in [0.2, 0.25) is 0 Å². The van der Waals surface area contributed by atoms with E-state index in [0.717, 1.165) is 42.3 Å². The second kappa shape index (κ2) is 6.64. The molecule has 2 rings (SSSR count). The first-order valence-electron chi connectivity index (χ1n) is 7.53. The number of aromatic carboxylic acids is 1. The average molecular weight is 303 g/mol. The minimum absolute atomic E-state index is 0.0483. The number of nitrogens with one attached hydrogen (secondary N) is 1. The van der Waals surface area contributed by atoms with Crippen LogP contribution in [0.5, 0.6) is 0 Å². The maximum absolute atomic E-state index is 11.2. The van der Waals surface area contributed by atoms with Gasteiger partial charge in [0, 0.05) is 16.6 Å². The normalized spacial score (nSPS) is 11.0. The van der Waals surface area contributed by atoms with Gasteiger partial charge in [0.15, 0.2) is 0 Å². The van der Waals surface area contributed by atoms with Gasteiger partial charge < -0.3 is 15.2 Å². The quantitative estimate of drug-likeness (QED) is 0.682. The lowest BCUT2D eigenvalue weighted by Gasteiger charge is -2.03. The van der Waals surface area contributed by atoms with Crippen molar-refractivity contribution in [3.05, 3.63) is 34.5 Å². The largest absolute Gasteiger partial charge is 0.481 e. The predicted octanol–water partition coefficient (Wildman–Crippen LogP) is 3.53. The van der Waals surface area contributed by atoms with Crippen LogP contribution in [0, 0.1) is 6.92 Å². The van der Waals surface area contributed by atoms with Crippen LogP contribution in [0.2, 0.25) is 0 Å². The molecule has 22 heavy (non-hydrogen) atoms. The summed E-state index contributed by atoms with van der Waals surface area (Å²) < 4.78 is 0. The number of unbranched alkanes of at least 4 members (excludes halogenated alkanes) is 2. The van der Waals surface area contributed by atoms with E-state index in [1.54, 1.807) is 19.1 Å². The Morgan fingerprint density at radius 3 is 2.50 bits per heavy atom. The Balaban J connectivity index is 2.52. The molecular formula is C17H21NO4. The van der Waals surface area contributed by atoms with E-state index in [9.17, 15) is 14.7 Å². The van der Waals surface area contributed by atoms with E-state index in [1.807, 2.05) is 0 Å². The number of hydrogen-bond donors (Lipinski definition) is 3. The van der Waals surface area contributed by atoms with Gasteiger partial charge in [-0.2, -0.15) is 0 Å². The molecule has 0 aliphatic rings. The second-order valence-corrected chi connectivity index (χ2v) is 5.63. The zero-order chi connectivity index (χ0) is 16.3. The molecule has 118 valence electrons. The first-order valence-corrected chi connectivity index (χ1v) is 7.53. The minimum Gasteiger partial charge on any atom is -0.481 e. The van der Waals surface area contributed by atoms with E-state index in [4.69, 9.17) is 5.11 Å². The number of carboxylic acid groups (broad SMARTS) is 2. The van der Waals surface area contributed by atoms with Gasteiger partial charge in [-0.3, -0.25) is 4.79 Å². The summed E-state index contributed by atoms with van der Waals surface area (Å²) in [5.74, 6) is -1.85. The molecule has 0 atom stereocenters. The van der Waals surface area contributed by atoms with Gasteiger partial charge >= 0.3 is 11.9 Å². The highest BCUT2D eigenvalue weighted by atomic mass is 16.4. The number of aromatic nitrogens is 1. The fourth-order valence-electron chi connectivity index (χ4n) is 2.81. The summed E-state index contributed by atoms with van der Waals surface area (Å²) >= 11 is 0. The van der Waals surface area contributed by atoms with Gasteiger partial charge in [0.25, 0.3) is 0 Å². The lowest BCUT2D eigenvalue weighted by molar-refractivity contribution is -0.136. The molecule has 2 aromatic rings. The summed E-state index contributed by atoms with van der Waals surface area (Å²) in [6.45, 7) is 3.85. The Bertz CT molecular complexity index is 715. The first kappa shape index (κ1) is 16.1. The van der Waals surface area contributed by atoms with Gasteiger partial charge in [-0.1, -0.05) is 19.8 Å². The molecule has 0 fully saturated rings. The summed E-state index contributed by atoms with van der Waals surface area (Å²) in [5.41, 5.74) is 3.28. The topological polar surface area (TPSA) is 90.4 Å². The van der Waals surface area contributed by atoms with Gasteiger partial charge in [0.1, 0.15) is 0 Å². The van der Waals surface area contributed by atoms with Crippen molar-refractivity contribution in [3.8, 4) is 0 Å². The molecule has 0 aliphatic heterocycles. The van der Waals surface area contributed by atoms with Crippen LogP contribution in [0.1, 0.15) is 53.4 Å². The highest BCUT2D eigenvalue weighted by molar-refractivity contribution is 5.97. The van der Waals surface area contributed by atoms with Crippen LogP contribution in [0.4, 0.5) is 0 Å². The van der Waals surface area contributed by atoms with Crippen LogP contribution in [-0.4, -0.2) is 27.1 Å². The molecule has 0 saturated heterocycles. The fourth-order valence-corrected chi connectivity index (χ4v) is 2.81. The standard InChI is InChI=1S/C17H21NO4/c1-3-4-5-6-14-13(9-16(19)20)12-7-10(2)11(17(21)22)8-15(12)18-14/h7-8,18H,3-6,9H2,1-2H3,(H,19,20)(H,21,22). The average Bonchev–Trinajstić information content (AvgIpc) is 2.75. The third kappa shape index (κ3) is 3.30. The third-order valence-corrected chi connectivity index (χ3v) is 3.93. The number of H-pyrrole nitrogens is 1. The van der Waals surface area contributed by atoms with E-state index in [1.165, 1.54) is 0 Å². The third-order valence-electron chi connectivity index (χ3n) is 3.93. The van der Waals surface area contributed by atoms with Crippen molar-refractivity contribution in [2.24, 2.45) is 0 Å². The van der Waals surface area contributed by atoms with E-state index >= 15 is 0 Å². The molecule has 1 aromatic carbocycles. The van der Waals surface area contributed by atoms with Crippen molar-refractivity contribution in [2.75, 3.05) is 0 Å². The van der Waals surface area contributed by atoms with Gasteiger partial charge in [0.05, 0.1) is 12.0 Å². The van der Waals surface area contributed by atoms with Crippen molar-refractivity contribution in [1.82, 2.24) is 4.98 Å². The molecule has 0 unspecified atom stereocenters. The van der Waals surface area contributed by atoms with Crippen molar-refractivity contribution in [1.29, 1.82) is 0 Å². The number of aryl methyl sites for hydroxylation is 2. The number of benzene rings is 1. The summed E-state index contributed by atoms with van der Waals surface area (Å²) in [5, 5.41) is 19.2. The molecule has 0 radical (unpaired) electrons. The molecule has 5 nitrogen and oxygen atoms in total. The Hall–Kier alpha value is -2.30. The van der Waals surface area contributed by atoms with Crippen molar-refractivity contribution in [2.45, 2.75) is 46.0 Å². The van der Waals surface area contributed by atoms with E-state index in [0.29, 0.717) is 11.1 Å². The highest BCUT2D eigenvalue weighted by Gasteiger charge is 2.17. The van der Waals surface area contributed by atoms with Crippen LogP contribution in [0.25, 0.3) is 10.9 Å². The zero-order valence-corrected chi connectivity index (χ0v) is 12.9. The minimum atomic E-state index is -0.971. The highest BCUT2D eigenvalue weighted by Crippen LogP contribution is 2.27. The maximum atomic E-state index is 11.2. The van der Waals surface area contributed by atoms with Gasteiger partial charge in [-0.25, -0.2) is 4.79 Å². The molecule has 1 aromatic heterocycles. The molecule has 0 aliphatic carbocycles. The van der Waals surface area contributed by atoms with Gasteiger partial charge in [-0.05, 0) is 43.0 Å². The number of carboxylic acids is 2. The van der Waals surface area contributed by atoms with Crippen LogP contribution < -0.4 is 0 Å². The number of aliphatic carboxylic acids is 1. The molecule has 1 heterocycles. The van der Waals surface area contributed by atoms with E-state index in [-0.39, 0.29) is 12.0 Å². The lowest BCUT2D eigenvalue weighted by atomic mass is 10.0. The Morgan fingerprint density at radius 2 is 1.91 bits per heavy atom. The Morgan fingerprint density at radius 1 is 1.18 bits per heavy atom. The van der Waals surface area contributed by atoms with Crippen molar-refractivity contribution >= 4 is 22.8 Å². The monoisotopic (exact) mass is 303 g/mol. The van der Waals surface area contributed by atoms with E-state index < -0.39 is 11.9 Å². The molecule has 0 spiro atoms. The first-order chi connectivity index (χ1) is 10.4. The Labute approximate surface area is 129 Å². The van der Waals surface area contributed by atoms with Crippen molar-refractivity contribution in [3.63, 3.8) is 0 Å². The molecule has 3 N–H and O–H groups in total. The molecule has 0 saturated carbocycles. The molecular weight excluding hydrogens is 282 g/mol. The van der Waals surface area contributed by atoms with Crippen LogP contribution >= 0.6 is 0 Å². The molecule has 5 heteroatoms. The van der Waals surface area contributed by atoms with Crippen LogP contribution in [0.15, 0.2) is 12.1 Å². The number of aromatic amines is 1. The van der Waals surface area contributed by atoms with Crippen molar-refractivity contribution < 1.29 is 19.8 Å². The van der Waals surface area contributed by atoms with Crippen LogP contribution in [-0.2, 0) is 17.6 Å². The smallest absolute Gasteiger partial charge is 0.336 e. The predicted molar refractivity (Wildman–Crippen MR) is 84.6 cm³/mol. The Kier molecular flexibility index (Phi) is 4.85. The summed E-state index contributed by atoms with van der Waals surface area (Å²) in [6.07, 6.45) is 3.90. The fraction of sp³-hybridized carbons (Fsp3) is 0.412. The zero-order valence-electron chi connectivity index (χ0n) is 12.9. The number of fused-ring (bicyclic) bond motifs is 1. The molecule has 0 bridgehead atoms. The number of hydrogen-bond acceptors (Lipinski definition) is 2. The van der Waals surface area contributed by atoms with Crippen LogP contribution in [0.3, 0.4) is 0 Å². The van der Waals surface area contributed by atoms with Gasteiger partial charge in [-0.15, -0.1) is 0 Å². The summed E-state index contributed by atoms with van der Waals surface area (Å²) in [4.78, 5) is 25.6. The lowest BCUT2D eigenvalue weighted by Crippen LogP contribution is -2.03. The number of rotatable bonds is 7. The second-order valence-electron chi connectivity index (χ2n) is 5.63. The van der Waals surface area contributed by atoms with E-state index in [2.05, 4.69) is 11.9 Å². The summed E-state index contributed by atoms with van der Waals surface area (Å²) in [6, 6.07) is 3.37. The SMILES string of the molecule is CCCCCc1[nH]c2cc(C(=O)O)c(C)cc2c1CC(=O)O. The maximum Gasteiger partial charge on any atom is 0.336 e.